The van der Waals surface area contributed by atoms with E-state index in [1.54, 1.807) is 47.6 Å². The minimum atomic E-state index is -0.509. The van der Waals surface area contributed by atoms with Gasteiger partial charge in [0.1, 0.15) is 0 Å². The monoisotopic (exact) mass is 385 g/mol. The Balaban J connectivity index is 1.98. The van der Waals surface area contributed by atoms with Crippen LogP contribution in [0.1, 0.15) is 32.7 Å². The van der Waals surface area contributed by atoms with Crippen molar-refractivity contribution < 1.29 is 14.5 Å². The third-order valence-electron chi connectivity index (χ3n) is 4.55. The largest absolute Gasteiger partial charge is 0.337 e. The molecule has 1 fully saturated rings. The fraction of sp³-hybridized carbons (Fsp3) is 0.263. The highest BCUT2D eigenvalue weighted by molar-refractivity contribution is 7.98. The zero-order valence-electron chi connectivity index (χ0n) is 14.8. The van der Waals surface area contributed by atoms with Gasteiger partial charge < -0.3 is 10.6 Å². The van der Waals surface area contributed by atoms with Crippen LogP contribution in [0.4, 0.5) is 5.69 Å². The van der Waals surface area contributed by atoms with E-state index in [1.807, 2.05) is 0 Å². The van der Waals surface area contributed by atoms with Gasteiger partial charge in [-0.2, -0.15) is 0 Å². The molecule has 1 saturated heterocycles. The van der Waals surface area contributed by atoms with E-state index in [9.17, 15) is 19.7 Å². The topological polar surface area (TPSA) is 107 Å². The normalized spacial score (nSPS) is 16.4. The van der Waals surface area contributed by atoms with Gasteiger partial charge in [0.2, 0.25) is 0 Å². The highest BCUT2D eigenvalue weighted by atomic mass is 32.2. The van der Waals surface area contributed by atoms with Crippen molar-refractivity contribution in [1.29, 1.82) is 0 Å². The van der Waals surface area contributed by atoms with Crippen molar-refractivity contribution in [3.05, 3.63) is 69.3 Å². The van der Waals surface area contributed by atoms with Crippen molar-refractivity contribution in [2.75, 3.05) is 19.3 Å². The highest BCUT2D eigenvalue weighted by Gasteiger charge is 2.28. The molecule has 140 valence electrons. The van der Waals surface area contributed by atoms with Crippen molar-refractivity contribution in [2.45, 2.75) is 17.4 Å². The van der Waals surface area contributed by atoms with Crippen LogP contribution in [0.2, 0.25) is 0 Å². The summed E-state index contributed by atoms with van der Waals surface area (Å²) >= 11 is 1.24. The van der Waals surface area contributed by atoms with Crippen LogP contribution in [-0.4, -0.2) is 46.9 Å². The number of amides is 1. The van der Waals surface area contributed by atoms with Crippen LogP contribution in [0.3, 0.4) is 0 Å². The van der Waals surface area contributed by atoms with Gasteiger partial charge >= 0.3 is 0 Å². The van der Waals surface area contributed by atoms with Crippen LogP contribution in [0.5, 0.6) is 0 Å². The number of nitro groups is 1. The number of rotatable bonds is 5. The number of carbonyl (C=O) groups is 2. The van der Waals surface area contributed by atoms with E-state index in [0.717, 1.165) is 6.42 Å². The van der Waals surface area contributed by atoms with Crippen LogP contribution >= 0.6 is 11.8 Å². The van der Waals surface area contributed by atoms with Gasteiger partial charge in [0.15, 0.2) is 5.78 Å². The maximum absolute atomic E-state index is 13.0. The van der Waals surface area contributed by atoms with Gasteiger partial charge in [-0.15, -0.1) is 11.8 Å². The quantitative estimate of drug-likeness (QED) is 0.367. The third kappa shape index (κ3) is 3.86. The summed E-state index contributed by atoms with van der Waals surface area (Å²) in [7, 11) is 0. The number of carbonyl (C=O) groups excluding carboxylic acids is 2. The molecule has 1 amide bonds. The first kappa shape index (κ1) is 19.1. The van der Waals surface area contributed by atoms with Crippen molar-refractivity contribution >= 4 is 29.1 Å². The number of nitrogens with two attached hydrogens (primary N) is 1. The van der Waals surface area contributed by atoms with Crippen molar-refractivity contribution in [1.82, 2.24) is 4.90 Å². The van der Waals surface area contributed by atoms with Crippen LogP contribution in [0.25, 0.3) is 0 Å². The van der Waals surface area contributed by atoms with Gasteiger partial charge in [-0.25, -0.2) is 0 Å². The smallest absolute Gasteiger partial charge is 0.283 e. The number of nitrogens with zero attached hydrogens (tertiary/aromatic N) is 2. The third-order valence-corrected chi connectivity index (χ3v) is 5.34. The molecule has 0 aliphatic carbocycles. The van der Waals surface area contributed by atoms with Gasteiger partial charge in [-0.3, -0.25) is 19.7 Å². The predicted octanol–water partition coefficient (Wildman–Crippen LogP) is 2.72. The summed E-state index contributed by atoms with van der Waals surface area (Å²) in [6.07, 6.45) is 2.46. The number of benzene rings is 2. The molecule has 0 radical (unpaired) electrons. The van der Waals surface area contributed by atoms with Crippen LogP contribution in [0, 0.1) is 10.1 Å². The van der Waals surface area contributed by atoms with Gasteiger partial charge in [-0.1, -0.05) is 18.2 Å². The van der Waals surface area contributed by atoms with Crippen molar-refractivity contribution in [3.63, 3.8) is 0 Å². The molecular formula is C19H19N3O4S. The summed E-state index contributed by atoms with van der Waals surface area (Å²) in [5.41, 5.74) is 6.45. The predicted molar refractivity (Wildman–Crippen MR) is 103 cm³/mol. The Labute approximate surface area is 160 Å². The second-order valence-electron chi connectivity index (χ2n) is 6.32. The second-order valence-corrected chi connectivity index (χ2v) is 7.17. The van der Waals surface area contributed by atoms with Crippen molar-refractivity contribution in [3.8, 4) is 0 Å². The first-order valence-corrected chi connectivity index (χ1v) is 9.66. The molecule has 0 spiro atoms. The first-order valence-electron chi connectivity index (χ1n) is 8.43. The molecule has 7 nitrogen and oxygen atoms in total. The summed E-state index contributed by atoms with van der Waals surface area (Å²) in [6.45, 7) is 1.01. The van der Waals surface area contributed by atoms with E-state index < -0.39 is 10.7 Å². The maximum atomic E-state index is 13.0. The molecule has 1 heterocycles. The summed E-state index contributed by atoms with van der Waals surface area (Å²) in [5, 5.41) is 11.3. The van der Waals surface area contributed by atoms with E-state index in [1.165, 1.54) is 17.8 Å². The van der Waals surface area contributed by atoms with Gasteiger partial charge in [-0.05, 0) is 30.9 Å². The molecule has 8 heteroatoms. The number of hydrogen-bond donors (Lipinski definition) is 1. The fourth-order valence-corrected chi connectivity index (χ4v) is 3.69. The van der Waals surface area contributed by atoms with E-state index in [0.29, 0.717) is 18.0 Å². The molecule has 2 aromatic carbocycles. The average molecular weight is 385 g/mol. The van der Waals surface area contributed by atoms with Crippen LogP contribution < -0.4 is 5.73 Å². The molecular weight excluding hydrogens is 366 g/mol. The lowest BCUT2D eigenvalue weighted by atomic mass is 9.97. The zero-order valence-corrected chi connectivity index (χ0v) is 15.6. The molecule has 3 rings (SSSR count). The van der Waals surface area contributed by atoms with Gasteiger partial charge in [0.05, 0.1) is 15.4 Å². The molecule has 2 N–H and O–H groups in total. The Hall–Kier alpha value is -2.71. The molecule has 0 aromatic heterocycles. The van der Waals surface area contributed by atoms with Crippen molar-refractivity contribution in [2.24, 2.45) is 5.73 Å². The standard InChI is InChI=1S/C19H19N3O4S/c1-27-17-7-6-12(10-16(17)22(25)26)18(23)14-4-2-3-5-15(14)19(24)21-9-8-13(20)11-21/h2-7,10,13H,8-9,11,20H2,1H3/t13-/m1/s1. The molecule has 1 atom stereocenters. The molecule has 27 heavy (non-hydrogen) atoms. The molecule has 1 aliphatic heterocycles. The van der Waals surface area contributed by atoms with E-state index >= 15 is 0 Å². The highest BCUT2D eigenvalue weighted by Crippen LogP contribution is 2.29. The molecule has 0 unspecified atom stereocenters. The average Bonchev–Trinajstić information content (AvgIpc) is 3.12. The second kappa shape index (κ2) is 7.89. The van der Waals surface area contributed by atoms with Gasteiger partial charge in [0.25, 0.3) is 11.6 Å². The number of hydrogen-bond acceptors (Lipinski definition) is 6. The molecule has 0 saturated carbocycles. The minimum Gasteiger partial charge on any atom is -0.337 e. The number of thioether (sulfide) groups is 1. The lowest BCUT2D eigenvalue weighted by molar-refractivity contribution is -0.387. The zero-order chi connectivity index (χ0) is 19.6. The SMILES string of the molecule is CSc1ccc(C(=O)c2ccccc2C(=O)N2CC[C@@H](N)C2)cc1[N+](=O)[O-]. The number of nitro benzene ring substituents is 1. The summed E-state index contributed by atoms with van der Waals surface area (Å²) < 4.78 is 0. The number of likely N-dealkylation sites (tertiary alicyclic amines) is 1. The lowest BCUT2D eigenvalue weighted by Gasteiger charge is -2.17. The minimum absolute atomic E-state index is 0.0569. The Morgan fingerprint density at radius 2 is 1.93 bits per heavy atom. The fourth-order valence-electron chi connectivity index (χ4n) is 3.14. The summed E-state index contributed by atoms with van der Waals surface area (Å²) in [6, 6.07) is 10.8. The van der Waals surface area contributed by atoms with Gasteiger partial charge in [0, 0.05) is 36.3 Å². The van der Waals surface area contributed by atoms with Crippen LogP contribution in [-0.2, 0) is 0 Å². The molecule has 1 aliphatic rings. The van der Waals surface area contributed by atoms with E-state index in [4.69, 9.17) is 5.73 Å². The molecule has 0 bridgehead atoms. The lowest BCUT2D eigenvalue weighted by Crippen LogP contribution is -2.32. The Morgan fingerprint density at radius 3 is 2.52 bits per heavy atom. The van der Waals surface area contributed by atoms with E-state index in [-0.39, 0.29) is 34.3 Å². The Bertz CT molecular complexity index is 916. The summed E-state index contributed by atoms with van der Waals surface area (Å²) in [5.74, 6) is -0.666. The molecule has 2 aromatic rings. The summed E-state index contributed by atoms with van der Waals surface area (Å²) in [4.78, 5) is 38.7. The van der Waals surface area contributed by atoms with E-state index in [2.05, 4.69) is 0 Å². The van der Waals surface area contributed by atoms with Crippen LogP contribution in [0.15, 0.2) is 47.4 Å². The number of ketones is 1. The Morgan fingerprint density at radius 1 is 1.22 bits per heavy atom. The Kier molecular flexibility index (Phi) is 5.57. The maximum Gasteiger partial charge on any atom is 0.283 e. The first-order chi connectivity index (χ1) is 12.9.